The molecule has 0 aromatic carbocycles. The first-order valence-corrected chi connectivity index (χ1v) is 11.6. The molecule has 0 bridgehead atoms. The Hall–Kier alpha value is -0.390. The van der Waals surface area contributed by atoms with Crippen LogP contribution in [0.15, 0.2) is 12.3 Å². The molecule has 0 saturated carbocycles. The summed E-state index contributed by atoms with van der Waals surface area (Å²) >= 11 is 0. The fraction of sp³-hybridized carbons (Fsp3) is 0.895. The lowest BCUT2D eigenvalue weighted by atomic mass is 10.0. The molecule has 0 amide bonds. The van der Waals surface area contributed by atoms with E-state index >= 15 is 0 Å². The predicted octanol–water partition coefficient (Wildman–Crippen LogP) is 5.08. The van der Waals surface area contributed by atoms with Gasteiger partial charge in [0.25, 0.3) is 0 Å². The molecule has 0 aliphatic rings. The molecule has 0 unspecified atom stereocenters. The minimum atomic E-state index is -4.53. The third-order valence-electron chi connectivity index (χ3n) is 4.14. The number of phosphoric ester groups is 1. The van der Waals surface area contributed by atoms with Crippen molar-refractivity contribution in [1.82, 2.24) is 0 Å². The van der Waals surface area contributed by atoms with E-state index in [1.807, 2.05) is 6.08 Å². The molecule has 0 aromatic heterocycles. The number of allylic oxidation sites excluding steroid dienone is 1. The Morgan fingerprint density at radius 3 is 1.85 bits per heavy atom. The number of aliphatic hydroxyl groups excluding tert-OH is 1. The van der Waals surface area contributed by atoms with Crippen LogP contribution in [0.2, 0.25) is 0 Å². The lowest BCUT2D eigenvalue weighted by Gasteiger charge is -2.10. The highest BCUT2D eigenvalue weighted by atomic mass is 31.2. The van der Waals surface area contributed by atoms with E-state index in [-0.39, 0.29) is 6.61 Å². The smallest absolute Gasteiger partial charge is 0.469 e. The van der Waals surface area contributed by atoms with Crippen LogP contribution in [0, 0.1) is 0 Å². The molecule has 3 N–H and O–H groups in total. The molecular weight excluding hydrogens is 355 g/mol. The molecular formula is C19H39O6P. The first kappa shape index (κ1) is 25.6. The molecule has 0 rings (SSSR count). The van der Waals surface area contributed by atoms with Crippen LogP contribution in [0.4, 0.5) is 0 Å². The van der Waals surface area contributed by atoms with Gasteiger partial charge in [-0.1, -0.05) is 77.6 Å². The molecule has 156 valence electrons. The van der Waals surface area contributed by atoms with E-state index in [0.29, 0.717) is 0 Å². The van der Waals surface area contributed by atoms with E-state index in [9.17, 15) is 9.67 Å². The summed E-state index contributed by atoms with van der Waals surface area (Å²) in [6.45, 7) is 1.76. The molecule has 0 spiro atoms. The summed E-state index contributed by atoms with van der Waals surface area (Å²) in [5.41, 5.74) is 0. The van der Waals surface area contributed by atoms with Gasteiger partial charge in [0, 0.05) is 0 Å². The quantitative estimate of drug-likeness (QED) is 0.161. The fourth-order valence-electron chi connectivity index (χ4n) is 2.64. The van der Waals surface area contributed by atoms with Crippen molar-refractivity contribution in [2.75, 3.05) is 13.2 Å². The molecule has 6 nitrogen and oxygen atoms in total. The molecule has 0 aliphatic heterocycles. The van der Waals surface area contributed by atoms with Crippen LogP contribution in [0.3, 0.4) is 0 Å². The van der Waals surface area contributed by atoms with Gasteiger partial charge in [0.15, 0.2) is 0 Å². The minimum Gasteiger partial charge on any atom is -0.499 e. The van der Waals surface area contributed by atoms with Crippen molar-refractivity contribution in [2.24, 2.45) is 0 Å². The summed E-state index contributed by atoms with van der Waals surface area (Å²) in [4.78, 5) is 17.0. The summed E-state index contributed by atoms with van der Waals surface area (Å²) in [7, 11) is -4.53. The molecule has 0 heterocycles. The van der Waals surface area contributed by atoms with Gasteiger partial charge in [-0.3, -0.25) is 4.52 Å². The normalized spacial score (nSPS) is 13.4. The first-order chi connectivity index (χ1) is 12.5. The van der Waals surface area contributed by atoms with Gasteiger partial charge in [0.05, 0.1) is 12.9 Å². The maximum Gasteiger partial charge on any atom is 0.469 e. The highest BCUT2D eigenvalue weighted by Gasteiger charge is 2.16. The number of unbranched alkanes of at least 4 members (excludes halogenated alkanes) is 12. The van der Waals surface area contributed by atoms with E-state index < -0.39 is 20.5 Å². The molecule has 0 aliphatic carbocycles. The highest BCUT2D eigenvalue weighted by Crippen LogP contribution is 2.35. The lowest BCUT2D eigenvalue weighted by Crippen LogP contribution is -2.19. The summed E-state index contributed by atoms with van der Waals surface area (Å²) in [5.74, 6) is 0. The number of ether oxygens (including phenoxy) is 1. The second kappa shape index (κ2) is 18.0. The van der Waals surface area contributed by atoms with Gasteiger partial charge in [0.2, 0.25) is 0 Å². The molecule has 0 saturated heterocycles. The standard InChI is InChI=1S/C19H39O6P/c1-2-3-4-5-6-7-8-9-10-11-12-13-14-15-16-24-17-19(20)18-25-26(21,22)23/h15-16,19-20H,2-14,17-18H2,1H3,(H2,21,22,23)/t19-/m1/s1. The van der Waals surface area contributed by atoms with Gasteiger partial charge in [-0.05, 0) is 18.9 Å². The third-order valence-corrected chi connectivity index (χ3v) is 4.63. The zero-order valence-corrected chi connectivity index (χ0v) is 17.2. The van der Waals surface area contributed by atoms with Crippen molar-refractivity contribution in [3.63, 3.8) is 0 Å². The van der Waals surface area contributed by atoms with Crippen molar-refractivity contribution < 1.29 is 28.7 Å². The van der Waals surface area contributed by atoms with Crippen molar-refractivity contribution in [1.29, 1.82) is 0 Å². The second-order valence-corrected chi connectivity index (χ2v) is 8.06. The molecule has 1 atom stereocenters. The minimum absolute atomic E-state index is 0.0467. The third kappa shape index (κ3) is 21.7. The Kier molecular flexibility index (Phi) is 17.7. The lowest BCUT2D eigenvalue weighted by molar-refractivity contribution is 0.0357. The van der Waals surface area contributed by atoms with Gasteiger partial charge in [-0.2, -0.15) is 0 Å². The van der Waals surface area contributed by atoms with Crippen LogP contribution in [0.25, 0.3) is 0 Å². The zero-order valence-electron chi connectivity index (χ0n) is 16.4. The van der Waals surface area contributed by atoms with Crippen LogP contribution < -0.4 is 0 Å². The Labute approximate surface area is 159 Å². The summed E-state index contributed by atoms with van der Waals surface area (Å²) in [5, 5.41) is 9.40. The van der Waals surface area contributed by atoms with Gasteiger partial charge >= 0.3 is 7.82 Å². The van der Waals surface area contributed by atoms with Crippen molar-refractivity contribution in [3.05, 3.63) is 12.3 Å². The molecule has 7 heteroatoms. The van der Waals surface area contributed by atoms with Crippen LogP contribution in [0.5, 0.6) is 0 Å². The molecule has 0 fully saturated rings. The van der Waals surface area contributed by atoms with E-state index in [2.05, 4.69) is 11.4 Å². The molecule has 0 aromatic rings. The van der Waals surface area contributed by atoms with Crippen molar-refractivity contribution in [2.45, 2.75) is 96.5 Å². The van der Waals surface area contributed by atoms with Gasteiger partial charge < -0.3 is 19.6 Å². The zero-order chi connectivity index (χ0) is 19.5. The maximum atomic E-state index is 10.5. The number of aliphatic hydroxyl groups is 1. The van der Waals surface area contributed by atoms with E-state index in [0.717, 1.165) is 12.8 Å². The number of hydrogen-bond acceptors (Lipinski definition) is 4. The fourth-order valence-corrected chi connectivity index (χ4v) is 3.00. The Morgan fingerprint density at radius 1 is 0.846 bits per heavy atom. The first-order valence-electron chi connectivity index (χ1n) is 10.1. The number of hydrogen-bond donors (Lipinski definition) is 3. The van der Waals surface area contributed by atoms with Crippen molar-refractivity contribution in [3.8, 4) is 0 Å². The number of phosphoric acid groups is 1. The van der Waals surface area contributed by atoms with E-state index in [4.69, 9.17) is 14.5 Å². The highest BCUT2D eigenvalue weighted by molar-refractivity contribution is 7.46. The molecule has 0 radical (unpaired) electrons. The Balaban J connectivity index is 3.25. The van der Waals surface area contributed by atoms with E-state index in [1.54, 1.807) is 0 Å². The van der Waals surface area contributed by atoms with Gasteiger partial charge in [-0.15, -0.1) is 0 Å². The van der Waals surface area contributed by atoms with Gasteiger partial charge in [0.1, 0.15) is 12.7 Å². The molecule has 26 heavy (non-hydrogen) atoms. The largest absolute Gasteiger partial charge is 0.499 e. The summed E-state index contributed by atoms with van der Waals surface area (Å²) in [6.07, 6.45) is 19.3. The second-order valence-electron chi connectivity index (χ2n) is 6.82. The van der Waals surface area contributed by atoms with E-state index in [1.165, 1.54) is 76.9 Å². The number of rotatable bonds is 19. The maximum absolute atomic E-state index is 10.5. The topological polar surface area (TPSA) is 96.2 Å². The van der Waals surface area contributed by atoms with Crippen LogP contribution in [-0.2, 0) is 13.8 Å². The Morgan fingerprint density at radius 2 is 1.35 bits per heavy atom. The monoisotopic (exact) mass is 394 g/mol. The summed E-state index contributed by atoms with van der Waals surface area (Å²) < 4.78 is 19.8. The van der Waals surface area contributed by atoms with Crippen LogP contribution in [-0.4, -0.2) is 34.2 Å². The van der Waals surface area contributed by atoms with Crippen LogP contribution in [0.1, 0.15) is 90.4 Å². The average Bonchev–Trinajstić information content (AvgIpc) is 2.59. The van der Waals surface area contributed by atoms with Crippen molar-refractivity contribution >= 4 is 7.82 Å². The summed E-state index contributed by atoms with van der Waals surface area (Å²) in [6, 6.07) is 0. The SMILES string of the molecule is CCCCCCCCCCCCCCC=COC[C@@H](O)COP(=O)(O)O. The van der Waals surface area contributed by atoms with Gasteiger partial charge in [-0.25, -0.2) is 4.57 Å². The van der Waals surface area contributed by atoms with Crippen LogP contribution >= 0.6 is 7.82 Å². The Bertz CT molecular complexity index is 369. The average molecular weight is 394 g/mol. The predicted molar refractivity (Wildman–Crippen MR) is 105 cm³/mol.